The molecule has 0 bridgehead atoms. The van der Waals surface area contributed by atoms with Crippen LogP contribution in [0.25, 0.3) is 0 Å². The molecule has 1 aliphatic heterocycles. The van der Waals surface area contributed by atoms with Gasteiger partial charge >= 0.3 is 0 Å². The second kappa shape index (κ2) is 4.54. The third kappa shape index (κ3) is 1.95. The molecule has 2 N–H and O–H groups in total. The summed E-state index contributed by atoms with van der Waals surface area (Å²) in [5.74, 6) is -2.17. The van der Waals surface area contributed by atoms with Crippen molar-refractivity contribution in [1.82, 2.24) is 10.6 Å². The molecule has 1 saturated carbocycles. The van der Waals surface area contributed by atoms with Crippen LogP contribution >= 0.6 is 0 Å². The van der Waals surface area contributed by atoms with Crippen molar-refractivity contribution < 1.29 is 18.4 Å². The molecule has 2 fully saturated rings. The fourth-order valence-corrected chi connectivity index (χ4v) is 2.98. The maximum absolute atomic E-state index is 13.7. The maximum Gasteiger partial charge on any atom is 0.248 e. The normalized spacial score (nSPS) is 24.6. The molecule has 106 valence electrons. The molecule has 2 amide bonds. The van der Waals surface area contributed by atoms with Crippen LogP contribution in [0.5, 0.6) is 0 Å². The van der Waals surface area contributed by atoms with E-state index < -0.39 is 29.1 Å². The molecule has 1 aliphatic carbocycles. The van der Waals surface area contributed by atoms with Gasteiger partial charge in [-0.3, -0.25) is 9.59 Å². The lowest BCUT2D eigenvalue weighted by molar-refractivity contribution is -0.141. The van der Waals surface area contributed by atoms with Gasteiger partial charge in [-0.1, -0.05) is 12.8 Å². The topological polar surface area (TPSA) is 58.2 Å². The first-order chi connectivity index (χ1) is 9.52. The van der Waals surface area contributed by atoms with E-state index in [0.717, 1.165) is 31.0 Å². The van der Waals surface area contributed by atoms with Crippen LogP contribution in [0, 0.1) is 11.6 Å². The third-order valence-corrected chi connectivity index (χ3v) is 4.06. The first-order valence-corrected chi connectivity index (χ1v) is 6.60. The van der Waals surface area contributed by atoms with Crippen molar-refractivity contribution in [3.05, 3.63) is 35.4 Å². The summed E-state index contributed by atoms with van der Waals surface area (Å²) in [6.45, 7) is 0. The van der Waals surface area contributed by atoms with Crippen molar-refractivity contribution >= 4 is 11.8 Å². The van der Waals surface area contributed by atoms with Crippen molar-refractivity contribution in [2.45, 2.75) is 37.3 Å². The highest BCUT2D eigenvalue weighted by atomic mass is 19.1. The predicted octanol–water partition coefficient (Wildman–Crippen LogP) is 1.56. The van der Waals surface area contributed by atoms with Crippen LogP contribution in [-0.2, 0) is 9.59 Å². The number of hydrogen-bond acceptors (Lipinski definition) is 2. The van der Waals surface area contributed by atoms with Crippen molar-refractivity contribution in [2.75, 3.05) is 0 Å². The molecule has 1 saturated heterocycles. The van der Waals surface area contributed by atoms with Crippen LogP contribution in [0.4, 0.5) is 8.78 Å². The number of carbonyl (C=O) groups excluding carboxylic acids is 2. The zero-order valence-corrected chi connectivity index (χ0v) is 10.7. The number of carbonyl (C=O) groups is 2. The summed E-state index contributed by atoms with van der Waals surface area (Å²) < 4.78 is 26.9. The number of hydrogen-bond donors (Lipinski definition) is 2. The molecular formula is C14H14F2N2O2. The van der Waals surface area contributed by atoms with Crippen LogP contribution in [0.15, 0.2) is 18.2 Å². The first kappa shape index (κ1) is 13.0. The fraction of sp³-hybridized carbons (Fsp3) is 0.429. The molecule has 20 heavy (non-hydrogen) atoms. The monoisotopic (exact) mass is 280 g/mol. The van der Waals surface area contributed by atoms with Gasteiger partial charge in [0.15, 0.2) is 0 Å². The highest BCUT2D eigenvalue weighted by Crippen LogP contribution is 2.34. The Morgan fingerprint density at radius 1 is 1.15 bits per heavy atom. The van der Waals surface area contributed by atoms with Gasteiger partial charge in [-0.25, -0.2) is 8.78 Å². The van der Waals surface area contributed by atoms with E-state index in [-0.39, 0.29) is 11.5 Å². The Labute approximate surface area is 114 Å². The van der Waals surface area contributed by atoms with E-state index in [1.54, 1.807) is 0 Å². The summed E-state index contributed by atoms with van der Waals surface area (Å²) >= 11 is 0. The highest BCUT2D eigenvalue weighted by Gasteiger charge is 2.48. The largest absolute Gasteiger partial charge is 0.340 e. The molecule has 1 heterocycles. The lowest BCUT2D eigenvalue weighted by Gasteiger charge is -2.37. The molecule has 0 radical (unpaired) electrons. The third-order valence-electron chi connectivity index (χ3n) is 4.06. The lowest BCUT2D eigenvalue weighted by atomic mass is 9.90. The standard InChI is InChI=1S/C14H14F2N2O2/c15-8-3-4-10(16)9(7-8)11-12(19)18-14(13(20)17-11)5-1-2-6-14/h3-4,7,11H,1-2,5-6H2,(H,17,20)(H,18,19). The number of piperazine rings is 1. The van der Waals surface area contributed by atoms with Gasteiger partial charge in [0.1, 0.15) is 23.2 Å². The van der Waals surface area contributed by atoms with Gasteiger partial charge in [0.25, 0.3) is 0 Å². The summed E-state index contributed by atoms with van der Waals surface area (Å²) in [5.41, 5.74) is -1.01. The number of benzene rings is 1. The van der Waals surface area contributed by atoms with E-state index >= 15 is 0 Å². The molecule has 1 aromatic carbocycles. The van der Waals surface area contributed by atoms with E-state index in [1.165, 1.54) is 0 Å². The maximum atomic E-state index is 13.7. The Kier molecular flexibility index (Phi) is 2.96. The van der Waals surface area contributed by atoms with Crippen LogP contribution < -0.4 is 10.6 Å². The molecule has 3 rings (SSSR count). The SMILES string of the molecule is O=C1NC2(CCCC2)C(=O)NC1c1cc(F)ccc1F. The number of rotatable bonds is 1. The fourth-order valence-electron chi connectivity index (χ4n) is 2.98. The Bertz CT molecular complexity index is 583. The van der Waals surface area contributed by atoms with Gasteiger partial charge in [0.2, 0.25) is 11.8 Å². The van der Waals surface area contributed by atoms with E-state index in [0.29, 0.717) is 12.8 Å². The first-order valence-electron chi connectivity index (χ1n) is 6.60. The van der Waals surface area contributed by atoms with E-state index in [1.807, 2.05) is 0 Å². The van der Waals surface area contributed by atoms with Crippen molar-refractivity contribution in [1.29, 1.82) is 0 Å². The van der Waals surface area contributed by atoms with Crippen LogP contribution in [0.1, 0.15) is 37.3 Å². The lowest BCUT2D eigenvalue weighted by Crippen LogP contribution is -2.65. The molecular weight excluding hydrogens is 266 g/mol. The molecule has 1 atom stereocenters. The molecule has 2 aliphatic rings. The summed E-state index contributed by atoms with van der Waals surface area (Å²) in [6.07, 6.45) is 2.91. The molecule has 4 nitrogen and oxygen atoms in total. The molecule has 1 aromatic rings. The quantitative estimate of drug-likeness (QED) is 0.820. The van der Waals surface area contributed by atoms with Gasteiger partial charge in [-0.2, -0.15) is 0 Å². The zero-order valence-electron chi connectivity index (χ0n) is 10.7. The van der Waals surface area contributed by atoms with Gasteiger partial charge < -0.3 is 10.6 Å². The minimum Gasteiger partial charge on any atom is -0.340 e. The molecule has 6 heteroatoms. The van der Waals surface area contributed by atoms with E-state index in [4.69, 9.17) is 0 Å². The van der Waals surface area contributed by atoms with Crippen molar-refractivity contribution in [2.24, 2.45) is 0 Å². The smallest absolute Gasteiger partial charge is 0.248 e. The second-order valence-electron chi connectivity index (χ2n) is 5.35. The Hall–Kier alpha value is -1.98. The van der Waals surface area contributed by atoms with Crippen LogP contribution in [-0.4, -0.2) is 17.4 Å². The van der Waals surface area contributed by atoms with E-state index in [9.17, 15) is 18.4 Å². The van der Waals surface area contributed by atoms with E-state index in [2.05, 4.69) is 10.6 Å². The van der Waals surface area contributed by atoms with Crippen molar-refractivity contribution in [3.8, 4) is 0 Å². The average molecular weight is 280 g/mol. The van der Waals surface area contributed by atoms with Crippen LogP contribution in [0.2, 0.25) is 0 Å². The van der Waals surface area contributed by atoms with Gasteiger partial charge in [-0.15, -0.1) is 0 Å². The summed E-state index contributed by atoms with van der Waals surface area (Å²) in [5, 5.41) is 5.22. The van der Waals surface area contributed by atoms with Crippen molar-refractivity contribution in [3.63, 3.8) is 0 Å². The number of amides is 2. The Balaban J connectivity index is 1.91. The summed E-state index contributed by atoms with van der Waals surface area (Å²) in [6, 6.07) is 1.68. The molecule has 1 unspecified atom stereocenters. The molecule has 1 spiro atoms. The second-order valence-corrected chi connectivity index (χ2v) is 5.35. The average Bonchev–Trinajstić information content (AvgIpc) is 2.87. The van der Waals surface area contributed by atoms with Crippen LogP contribution in [0.3, 0.4) is 0 Å². The highest BCUT2D eigenvalue weighted by molar-refractivity contribution is 6.00. The van der Waals surface area contributed by atoms with Gasteiger partial charge in [0, 0.05) is 5.56 Å². The van der Waals surface area contributed by atoms with Gasteiger partial charge in [-0.05, 0) is 31.0 Å². The predicted molar refractivity (Wildman–Crippen MR) is 66.6 cm³/mol. The molecule has 0 aromatic heterocycles. The minimum absolute atomic E-state index is 0.149. The van der Waals surface area contributed by atoms with Gasteiger partial charge in [0.05, 0.1) is 0 Å². The zero-order chi connectivity index (χ0) is 14.3. The Morgan fingerprint density at radius 3 is 2.55 bits per heavy atom. The number of halogens is 2. The number of nitrogens with one attached hydrogen (secondary N) is 2. The minimum atomic E-state index is -1.18. The summed E-state index contributed by atoms with van der Waals surface area (Å²) in [7, 11) is 0. The summed E-state index contributed by atoms with van der Waals surface area (Å²) in [4.78, 5) is 24.4. The Morgan fingerprint density at radius 2 is 1.85 bits per heavy atom.